The van der Waals surface area contributed by atoms with Gasteiger partial charge in [0.1, 0.15) is 13.2 Å². The molecule has 6 heteroatoms. The predicted molar refractivity (Wildman–Crippen MR) is 357 cm³/mol. The van der Waals surface area contributed by atoms with Crippen LogP contribution >= 0.6 is 0 Å². The first kappa shape index (κ1) is 77.3. The van der Waals surface area contributed by atoms with Crippen molar-refractivity contribution in [2.75, 3.05) is 13.2 Å². The number of rotatable bonds is 60. The van der Waals surface area contributed by atoms with Crippen LogP contribution < -0.4 is 0 Å². The summed E-state index contributed by atoms with van der Waals surface area (Å²) in [6.45, 7) is 6.37. The third-order valence-electron chi connectivity index (χ3n) is 14.1. The number of allylic oxidation sites excluding steroid dienone is 24. The second kappa shape index (κ2) is 68.8. The molecule has 6 nitrogen and oxygen atoms in total. The van der Waals surface area contributed by atoms with E-state index in [1.807, 2.05) is 6.08 Å². The van der Waals surface area contributed by atoms with Crippen molar-refractivity contribution in [2.45, 2.75) is 303 Å². The van der Waals surface area contributed by atoms with E-state index in [9.17, 15) is 14.4 Å². The van der Waals surface area contributed by atoms with E-state index in [2.05, 4.69) is 161 Å². The maximum atomic E-state index is 12.9. The molecule has 0 amide bonds. The summed E-state index contributed by atoms with van der Waals surface area (Å²) in [5.74, 6) is -1.00. The van der Waals surface area contributed by atoms with E-state index < -0.39 is 12.1 Å². The van der Waals surface area contributed by atoms with E-state index in [1.54, 1.807) is 0 Å². The van der Waals surface area contributed by atoms with Crippen LogP contribution in [0.4, 0.5) is 0 Å². The lowest BCUT2D eigenvalue weighted by Gasteiger charge is -2.18. The highest BCUT2D eigenvalue weighted by Gasteiger charge is 2.19. The van der Waals surface area contributed by atoms with E-state index in [0.29, 0.717) is 19.3 Å². The lowest BCUT2D eigenvalue weighted by atomic mass is 10.0. The Labute approximate surface area is 506 Å². The van der Waals surface area contributed by atoms with Gasteiger partial charge in [-0.25, -0.2) is 0 Å². The van der Waals surface area contributed by atoms with Crippen molar-refractivity contribution >= 4 is 17.9 Å². The Kier molecular flexibility index (Phi) is 64.8. The topological polar surface area (TPSA) is 78.9 Å². The molecule has 0 aromatic rings. The molecule has 0 aliphatic rings. The summed E-state index contributed by atoms with van der Waals surface area (Å²) in [7, 11) is 0. The minimum Gasteiger partial charge on any atom is -0.462 e. The van der Waals surface area contributed by atoms with Gasteiger partial charge in [0.05, 0.1) is 0 Å². The van der Waals surface area contributed by atoms with E-state index in [1.165, 1.54) is 128 Å². The summed E-state index contributed by atoms with van der Waals surface area (Å²) in [4.78, 5) is 38.4. The smallest absolute Gasteiger partial charge is 0.306 e. The van der Waals surface area contributed by atoms with Gasteiger partial charge in [0, 0.05) is 19.3 Å². The zero-order valence-corrected chi connectivity index (χ0v) is 53.2. The Morgan fingerprint density at radius 1 is 0.256 bits per heavy atom. The van der Waals surface area contributed by atoms with E-state index in [-0.39, 0.29) is 31.6 Å². The van der Waals surface area contributed by atoms with Crippen LogP contribution in [-0.4, -0.2) is 37.2 Å². The van der Waals surface area contributed by atoms with E-state index in [0.717, 1.165) is 122 Å². The van der Waals surface area contributed by atoms with Gasteiger partial charge in [-0.15, -0.1) is 0 Å². The van der Waals surface area contributed by atoms with Crippen molar-refractivity contribution in [3.63, 3.8) is 0 Å². The standard InChI is InChI=1S/C76H124O6/c1-4-7-10-13-16-19-22-25-28-31-34-35-36-37-38-39-40-41-43-45-48-51-54-57-60-63-66-69-75(78)81-72-73(71-80-74(77)68-65-62-59-56-53-50-47-44-33-30-27-24-21-18-15-12-9-6-3)82-76(79)70-67-64-61-58-55-52-49-46-42-32-29-26-23-20-17-14-11-8-5-2/h7-8,10-11,16-17,19-20,25-26,28-29,34-35,37-38,40-42,46,52,55,61,64,73H,4-6,9,12-15,18,21-24,27,30-33,36,39,43-45,47-51,53-54,56-60,62-63,65-72H2,1-3H3/b10-7-,11-8-,19-16-,20-17-,28-25-,29-26-,35-34-,38-37-,41-40-,46-42-,55-52-,64-61-. The normalized spacial score (nSPS) is 13.1. The summed E-state index contributed by atoms with van der Waals surface area (Å²) < 4.78 is 16.9. The van der Waals surface area contributed by atoms with Gasteiger partial charge in [0.15, 0.2) is 6.10 Å². The molecule has 0 spiro atoms. The molecule has 0 saturated carbocycles. The van der Waals surface area contributed by atoms with Crippen molar-refractivity contribution in [1.82, 2.24) is 0 Å². The fourth-order valence-electron chi connectivity index (χ4n) is 9.12. The summed E-state index contributed by atoms with van der Waals surface area (Å²) >= 11 is 0. The van der Waals surface area contributed by atoms with Crippen molar-refractivity contribution in [1.29, 1.82) is 0 Å². The Hall–Kier alpha value is -4.71. The largest absolute Gasteiger partial charge is 0.462 e. The lowest BCUT2D eigenvalue weighted by Crippen LogP contribution is -2.30. The van der Waals surface area contributed by atoms with Gasteiger partial charge in [-0.1, -0.05) is 314 Å². The van der Waals surface area contributed by atoms with Crippen molar-refractivity contribution in [2.24, 2.45) is 0 Å². The van der Waals surface area contributed by atoms with Gasteiger partial charge in [0.2, 0.25) is 0 Å². The molecule has 1 unspecified atom stereocenters. The molecule has 0 aliphatic carbocycles. The quantitative estimate of drug-likeness (QED) is 0.0261. The Balaban J connectivity index is 4.47. The molecule has 0 aliphatic heterocycles. The maximum Gasteiger partial charge on any atom is 0.306 e. The Morgan fingerprint density at radius 3 is 0.793 bits per heavy atom. The van der Waals surface area contributed by atoms with Crippen LogP contribution in [0.25, 0.3) is 0 Å². The van der Waals surface area contributed by atoms with Crippen LogP contribution in [0.2, 0.25) is 0 Å². The number of ether oxygens (including phenoxy) is 3. The van der Waals surface area contributed by atoms with E-state index in [4.69, 9.17) is 14.2 Å². The molecule has 0 aromatic carbocycles. The van der Waals surface area contributed by atoms with Gasteiger partial charge in [0.25, 0.3) is 0 Å². The Morgan fingerprint density at radius 2 is 0.500 bits per heavy atom. The van der Waals surface area contributed by atoms with Crippen molar-refractivity contribution in [3.05, 3.63) is 146 Å². The lowest BCUT2D eigenvalue weighted by molar-refractivity contribution is -0.166. The second-order valence-electron chi connectivity index (χ2n) is 22.0. The molecule has 0 rings (SSSR count). The number of hydrogen-bond acceptors (Lipinski definition) is 6. The number of esters is 3. The second-order valence-corrected chi connectivity index (χ2v) is 22.0. The fraction of sp³-hybridized carbons (Fsp3) is 0.645. The van der Waals surface area contributed by atoms with Crippen LogP contribution in [0, 0.1) is 0 Å². The SMILES string of the molecule is CC/C=C\C/C=C\C/C=C\C/C=C\C/C=C\C/C=C\CCCCCCCCCCC(=O)OCC(COC(=O)CCCCCCCCCCCCCCCCCCCC)OC(=O)CC/C=C\C/C=C\C/C=C\C/C=C\C/C=C\C/C=C\CC. The number of hydrogen-bond donors (Lipinski definition) is 0. The minimum absolute atomic E-state index is 0.113. The molecule has 0 radical (unpaired) electrons. The summed E-state index contributed by atoms with van der Waals surface area (Å²) in [5, 5.41) is 0. The third-order valence-corrected chi connectivity index (χ3v) is 14.1. The van der Waals surface area contributed by atoms with Gasteiger partial charge in [-0.05, 0) is 109 Å². The van der Waals surface area contributed by atoms with Gasteiger partial charge in [-0.3, -0.25) is 14.4 Å². The average molecular weight is 1130 g/mol. The van der Waals surface area contributed by atoms with E-state index >= 15 is 0 Å². The molecular weight excluding hydrogens is 1010 g/mol. The maximum absolute atomic E-state index is 12.9. The van der Waals surface area contributed by atoms with Crippen molar-refractivity contribution in [3.8, 4) is 0 Å². The molecule has 0 fully saturated rings. The van der Waals surface area contributed by atoms with Crippen molar-refractivity contribution < 1.29 is 28.6 Å². The zero-order valence-electron chi connectivity index (χ0n) is 53.2. The molecule has 0 bridgehead atoms. The highest BCUT2D eigenvalue weighted by Crippen LogP contribution is 2.16. The van der Waals surface area contributed by atoms with Crippen LogP contribution in [0.15, 0.2) is 146 Å². The van der Waals surface area contributed by atoms with Gasteiger partial charge >= 0.3 is 17.9 Å². The summed E-state index contributed by atoms with van der Waals surface area (Å²) in [6.07, 6.45) is 98.7. The molecule has 0 saturated heterocycles. The molecule has 82 heavy (non-hydrogen) atoms. The zero-order chi connectivity index (χ0) is 59.2. The monoisotopic (exact) mass is 1130 g/mol. The summed E-state index contributed by atoms with van der Waals surface area (Å²) in [5.41, 5.74) is 0. The molecule has 0 N–H and O–H groups in total. The molecule has 1 atom stereocenters. The molecule has 0 aromatic heterocycles. The number of carbonyl (C=O) groups excluding carboxylic acids is 3. The number of carbonyl (C=O) groups is 3. The third kappa shape index (κ3) is 66.1. The van der Waals surface area contributed by atoms with Gasteiger partial charge in [-0.2, -0.15) is 0 Å². The number of unbranched alkanes of at least 4 members (excludes halogenated alkanes) is 25. The highest BCUT2D eigenvalue weighted by molar-refractivity contribution is 5.71. The minimum atomic E-state index is -0.828. The fourth-order valence-corrected chi connectivity index (χ4v) is 9.12. The van der Waals surface area contributed by atoms with Crippen LogP contribution in [-0.2, 0) is 28.6 Å². The predicted octanol–water partition coefficient (Wildman–Crippen LogP) is 23.5. The van der Waals surface area contributed by atoms with Crippen LogP contribution in [0.1, 0.15) is 297 Å². The average Bonchev–Trinajstić information content (AvgIpc) is 3.47. The molecule has 0 heterocycles. The summed E-state index contributed by atoms with van der Waals surface area (Å²) in [6, 6.07) is 0. The highest BCUT2D eigenvalue weighted by atomic mass is 16.6. The first-order valence-corrected chi connectivity index (χ1v) is 33.8. The first-order valence-electron chi connectivity index (χ1n) is 33.8. The Bertz CT molecular complexity index is 1780. The van der Waals surface area contributed by atoms with Crippen LogP contribution in [0.5, 0.6) is 0 Å². The van der Waals surface area contributed by atoms with Crippen LogP contribution in [0.3, 0.4) is 0 Å². The first-order chi connectivity index (χ1) is 40.5. The van der Waals surface area contributed by atoms with Gasteiger partial charge < -0.3 is 14.2 Å². The molecular formula is C76H124O6. The molecule has 464 valence electrons.